The normalized spacial score (nSPS) is 10.7. The van der Waals surface area contributed by atoms with Crippen molar-refractivity contribution in [1.82, 2.24) is 20.0 Å². The third kappa shape index (κ3) is 3.50. The lowest BCUT2D eigenvalue weighted by Gasteiger charge is -2.03. The number of anilines is 1. The molecule has 0 unspecified atom stereocenters. The highest BCUT2D eigenvalue weighted by Gasteiger charge is 2.17. The zero-order valence-corrected chi connectivity index (χ0v) is 14.7. The van der Waals surface area contributed by atoms with Gasteiger partial charge in [0.05, 0.1) is 11.0 Å². The molecule has 2 N–H and O–H groups in total. The molecule has 9 heteroatoms. The number of rotatable bonds is 4. The predicted octanol–water partition coefficient (Wildman–Crippen LogP) is 3.57. The van der Waals surface area contributed by atoms with E-state index in [9.17, 15) is 9.18 Å². The number of H-pyrrole nitrogens is 1. The number of hydrogen-bond donors (Lipinski definition) is 2. The fraction of sp³-hybridized carbons (Fsp3) is 0.0714. The topological polar surface area (TPSA) is 75.6 Å². The van der Waals surface area contributed by atoms with Crippen LogP contribution in [0.4, 0.5) is 10.2 Å². The predicted molar refractivity (Wildman–Crippen MR) is 89.7 cm³/mol. The van der Waals surface area contributed by atoms with E-state index in [-0.39, 0.29) is 18.1 Å². The Kier molecular flexibility index (Phi) is 4.58. The van der Waals surface area contributed by atoms with Crippen molar-refractivity contribution in [3.63, 3.8) is 0 Å². The van der Waals surface area contributed by atoms with Gasteiger partial charge >= 0.3 is 0 Å². The second-order valence-electron chi connectivity index (χ2n) is 4.64. The standard InChI is InChI=1S/C14H10Br2FN5O/c15-11-12(19-20-13(11)16)14(23)18-10-5-6-22(21-10)7-8-3-1-2-4-9(8)17/h1-6H,7H2,(H,19,20)(H,18,21,23). The molecule has 1 aromatic carbocycles. The third-order valence-corrected chi connectivity index (χ3v) is 4.93. The van der Waals surface area contributed by atoms with E-state index >= 15 is 0 Å². The maximum Gasteiger partial charge on any atom is 0.278 e. The minimum atomic E-state index is -0.407. The lowest BCUT2D eigenvalue weighted by molar-refractivity contribution is 0.102. The van der Waals surface area contributed by atoms with Gasteiger partial charge in [-0.15, -0.1) is 0 Å². The van der Waals surface area contributed by atoms with Gasteiger partial charge in [0.2, 0.25) is 0 Å². The van der Waals surface area contributed by atoms with Crippen LogP contribution in [0.15, 0.2) is 45.6 Å². The number of aromatic amines is 1. The molecule has 6 nitrogen and oxygen atoms in total. The van der Waals surface area contributed by atoms with E-state index in [0.717, 1.165) is 0 Å². The fourth-order valence-corrected chi connectivity index (χ4v) is 2.58. The molecule has 1 amide bonds. The molecule has 118 valence electrons. The summed E-state index contributed by atoms with van der Waals surface area (Å²) in [4.78, 5) is 12.1. The average Bonchev–Trinajstić information content (AvgIpc) is 3.09. The van der Waals surface area contributed by atoms with E-state index in [1.807, 2.05) is 0 Å². The molecule has 0 fully saturated rings. The van der Waals surface area contributed by atoms with Crippen LogP contribution in [0.25, 0.3) is 0 Å². The largest absolute Gasteiger partial charge is 0.304 e. The van der Waals surface area contributed by atoms with Crippen molar-refractivity contribution in [2.45, 2.75) is 6.54 Å². The molecule has 0 aliphatic heterocycles. The van der Waals surface area contributed by atoms with Crippen LogP contribution in [0.5, 0.6) is 0 Å². The molecule has 0 aliphatic carbocycles. The van der Waals surface area contributed by atoms with E-state index in [1.165, 1.54) is 6.07 Å². The van der Waals surface area contributed by atoms with Gasteiger partial charge in [0.15, 0.2) is 11.5 Å². The number of carbonyl (C=O) groups is 1. The second kappa shape index (κ2) is 6.63. The number of carbonyl (C=O) groups excluding carboxylic acids is 1. The van der Waals surface area contributed by atoms with Crippen LogP contribution in [0.1, 0.15) is 16.1 Å². The molecule has 23 heavy (non-hydrogen) atoms. The van der Waals surface area contributed by atoms with Crippen molar-refractivity contribution < 1.29 is 9.18 Å². The summed E-state index contributed by atoms with van der Waals surface area (Å²) in [5.74, 6) is -0.341. The summed E-state index contributed by atoms with van der Waals surface area (Å²) in [5.41, 5.74) is 0.730. The minimum absolute atomic E-state index is 0.209. The Morgan fingerprint density at radius 1 is 1.30 bits per heavy atom. The molecular formula is C14H10Br2FN5O. The summed E-state index contributed by atoms with van der Waals surface area (Å²) in [7, 11) is 0. The molecule has 0 atom stereocenters. The van der Waals surface area contributed by atoms with Crippen molar-refractivity contribution >= 4 is 43.6 Å². The Labute approximate surface area is 147 Å². The smallest absolute Gasteiger partial charge is 0.278 e. The first kappa shape index (κ1) is 15.9. The maximum absolute atomic E-state index is 13.6. The number of aromatic nitrogens is 4. The van der Waals surface area contributed by atoms with E-state index in [1.54, 1.807) is 35.1 Å². The lowest BCUT2D eigenvalue weighted by Crippen LogP contribution is -2.14. The zero-order valence-electron chi connectivity index (χ0n) is 11.6. The number of amides is 1. The van der Waals surface area contributed by atoms with Crippen LogP contribution in [0.2, 0.25) is 0 Å². The Morgan fingerprint density at radius 2 is 2.09 bits per heavy atom. The number of hydrogen-bond acceptors (Lipinski definition) is 3. The van der Waals surface area contributed by atoms with Crippen LogP contribution in [-0.2, 0) is 6.54 Å². The van der Waals surface area contributed by atoms with Crippen LogP contribution in [-0.4, -0.2) is 25.9 Å². The average molecular weight is 443 g/mol. The first-order valence-corrected chi connectivity index (χ1v) is 8.11. The molecule has 0 bridgehead atoms. The highest BCUT2D eigenvalue weighted by molar-refractivity contribution is 9.13. The fourth-order valence-electron chi connectivity index (χ4n) is 1.95. The Bertz CT molecular complexity index is 860. The highest BCUT2D eigenvalue weighted by Crippen LogP contribution is 2.24. The maximum atomic E-state index is 13.6. The lowest BCUT2D eigenvalue weighted by atomic mass is 10.2. The molecule has 0 saturated carbocycles. The summed E-state index contributed by atoms with van der Waals surface area (Å²) >= 11 is 6.47. The van der Waals surface area contributed by atoms with Crippen molar-refractivity contribution in [3.8, 4) is 0 Å². The summed E-state index contributed by atoms with van der Waals surface area (Å²) < 4.78 is 16.3. The van der Waals surface area contributed by atoms with E-state index in [2.05, 4.69) is 52.5 Å². The van der Waals surface area contributed by atoms with Gasteiger partial charge in [-0.25, -0.2) is 4.39 Å². The van der Waals surface area contributed by atoms with Crippen LogP contribution >= 0.6 is 31.9 Å². The van der Waals surface area contributed by atoms with E-state index < -0.39 is 5.91 Å². The molecule has 3 aromatic rings. The molecule has 0 spiro atoms. The van der Waals surface area contributed by atoms with Crippen molar-refractivity contribution in [2.24, 2.45) is 0 Å². The van der Waals surface area contributed by atoms with E-state index in [0.29, 0.717) is 20.5 Å². The minimum Gasteiger partial charge on any atom is -0.304 e. The monoisotopic (exact) mass is 441 g/mol. The van der Waals surface area contributed by atoms with Gasteiger partial charge in [-0.2, -0.15) is 10.2 Å². The quantitative estimate of drug-likeness (QED) is 0.648. The van der Waals surface area contributed by atoms with Crippen molar-refractivity contribution in [3.05, 3.63) is 62.7 Å². The molecule has 0 saturated heterocycles. The van der Waals surface area contributed by atoms with Gasteiger partial charge in [-0.3, -0.25) is 14.6 Å². The molecule has 0 radical (unpaired) electrons. The van der Waals surface area contributed by atoms with Crippen LogP contribution in [0.3, 0.4) is 0 Å². The number of nitrogens with one attached hydrogen (secondary N) is 2. The van der Waals surface area contributed by atoms with Gasteiger partial charge in [0, 0.05) is 17.8 Å². The number of halogens is 3. The van der Waals surface area contributed by atoms with Gasteiger partial charge in [-0.05, 0) is 37.9 Å². The van der Waals surface area contributed by atoms with Gasteiger partial charge in [0.25, 0.3) is 5.91 Å². The Hall–Kier alpha value is -2.00. The summed E-state index contributed by atoms with van der Waals surface area (Å²) in [6.07, 6.45) is 1.66. The molecule has 2 heterocycles. The van der Waals surface area contributed by atoms with Gasteiger partial charge in [-0.1, -0.05) is 18.2 Å². The number of benzene rings is 1. The first-order valence-electron chi connectivity index (χ1n) is 6.52. The second-order valence-corrected chi connectivity index (χ2v) is 6.23. The Balaban J connectivity index is 1.71. The third-order valence-electron chi connectivity index (χ3n) is 3.05. The summed E-state index contributed by atoms with van der Waals surface area (Å²) in [6, 6.07) is 8.11. The van der Waals surface area contributed by atoms with Crippen LogP contribution in [0, 0.1) is 5.82 Å². The first-order chi connectivity index (χ1) is 11.0. The number of nitrogens with zero attached hydrogens (tertiary/aromatic N) is 3. The molecule has 0 aliphatic rings. The Morgan fingerprint density at radius 3 is 2.78 bits per heavy atom. The van der Waals surface area contributed by atoms with E-state index in [4.69, 9.17) is 0 Å². The summed E-state index contributed by atoms with van der Waals surface area (Å²) in [5, 5.41) is 13.4. The summed E-state index contributed by atoms with van der Waals surface area (Å²) in [6.45, 7) is 0.278. The van der Waals surface area contributed by atoms with Gasteiger partial charge in [0.1, 0.15) is 10.4 Å². The van der Waals surface area contributed by atoms with Crippen molar-refractivity contribution in [2.75, 3.05) is 5.32 Å². The highest BCUT2D eigenvalue weighted by atomic mass is 79.9. The van der Waals surface area contributed by atoms with Crippen molar-refractivity contribution in [1.29, 1.82) is 0 Å². The van der Waals surface area contributed by atoms with Crippen LogP contribution < -0.4 is 5.32 Å². The molecule has 2 aromatic heterocycles. The molecule has 3 rings (SSSR count). The molecular weight excluding hydrogens is 433 g/mol. The van der Waals surface area contributed by atoms with Gasteiger partial charge < -0.3 is 5.32 Å². The SMILES string of the molecule is O=C(Nc1ccn(Cc2ccccc2F)n1)c1n[nH]c(Br)c1Br. The zero-order chi connectivity index (χ0) is 16.4.